The summed E-state index contributed by atoms with van der Waals surface area (Å²) in [5, 5.41) is 9.67. The van der Waals surface area contributed by atoms with Gasteiger partial charge < -0.3 is 4.90 Å². The smallest absolute Gasteiger partial charge is 0.236 e. The van der Waals surface area contributed by atoms with E-state index in [0.717, 1.165) is 48.2 Å². The first kappa shape index (κ1) is 11.9. The molecule has 1 aliphatic heterocycles. The van der Waals surface area contributed by atoms with Crippen molar-refractivity contribution in [1.29, 1.82) is 0 Å². The number of likely N-dealkylation sites (tertiary alicyclic amines) is 1. The van der Waals surface area contributed by atoms with Crippen LogP contribution in [0, 0.1) is 6.92 Å². The minimum atomic E-state index is 0.106. The number of carbonyl (C=O) groups is 1. The maximum atomic E-state index is 11.1. The van der Waals surface area contributed by atoms with Crippen molar-refractivity contribution in [3.05, 3.63) is 29.6 Å². The molecule has 4 nitrogen and oxygen atoms in total. The lowest BCUT2D eigenvalue weighted by molar-refractivity contribution is -0.909. The molecule has 1 fully saturated rings. The van der Waals surface area contributed by atoms with Gasteiger partial charge in [-0.15, -0.1) is 0 Å². The zero-order valence-electron chi connectivity index (χ0n) is 10.2. The molecule has 1 atom stereocenters. The van der Waals surface area contributed by atoms with Crippen LogP contribution in [-0.4, -0.2) is 23.1 Å². The van der Waals surface area contributed by atoms with E-state index in [1.807, 2.05) is 24.0 Å². The van der Waals surface area contributed by atoms with E-state index < -0.39 is 0 Å². The van der Waals surface area contributed by atoms with E-state index in [0.29, 0.717) is 0 Å². The number of carbonyl (C=O) groups excluding carboxylic acids is 1. The second-order valence-corrected chi connectivity index (χ2v) is 4.60. The van der Waals surface area contributed by atoms with Crippen LogP contribution in [0.15, 0.2) is 18.3 Å². The summed E-state index contributed by atoms with van der Waals surface area (Å²) in [7, 11) is 0. The Hall–Kier alpha value is -1.58. The predicted molar refractivity (Wildman–Crippen MR) is 62.5 cm³/mol. The van der Waals surface area contributed by atoms with Crippen molar-refractivity contribution in [2.75, 3.05) is 6.54 Å². The number of amides is 1. The molecule has 0 spiro atoms. The Kier molecular flexibility index (Phi) is 3.61. The van der Waals surface area contributed by atoms with E-state index in [-0.39, 0.29) is 6.04 Å². The summed E-state index contributed by atoms with van der Waals surface area (Å²) in [4.78, 5) is 13.0. The summed E-state index contributed by atoms with van der Waals surface area (Å²) in [5.41, 5.74) is 1.86. The Balaban J connectivity index is 2.34. The van der Waals surface area contributed by atoms with Crippen molar-refractivity contribution >= 4 is 6.41 Å². The molecule has 0 aromatic carbocycles. The highest BCUT2D eigenvalue weighted by Gasteiger charge is 2.26. The quantitative estimate of drug-likeness (QED) is 0.480. The van der Waals surface area contributed by atoms with Crippen molar-refractivity contribution in [2.24, 2.45) is 0 Å². The largest absolute Gasteiger partial charge is 0.338 e. The highest BCUT2D eigenvalue weighted by molar-refractivity contribution is 5.49. The first-order valence-corrected chi connectivity index (χ1v) is 6.15. The monoisotopic (exact) mass is 235 g/mol. The summed E-state index contributed by atoms with van der Waals surface area (Å²) >= 11 is 0. The molecule has 2 heterocycles. The molecular formula is C13H19N2O2+. The minimum Gasteiger partial charge on any atom is -0.338 e. The van der Waals surface area contributed by atoms with Gasteiger partial charge in [-0.2, -0.15) is 0 Å². The van der Waals surface area contributed by atoms with Gasteiger partial charge in [-0.3, -0.25) is 10.0 Å². The van der Waals surface area contributed by atoms with Crippen LogP contribution in [0.2, 0.25) is 0 Å². The summed E-state index contributed by atoms with van der Waals surface area (Å²) in [6, 6.07) is 3.92. The van der Waals surface area contributed by atoms with Gasteiger partial charge in [0.05, 0.1) is 6.04 Å². The molecular weight excluding hydrogens is 216 g/mol. The van der Waals surface area contributed by atoms with Crippen LogP contribution in [0.5, 0.6) is 0 Å². The average molecular weight is 235 g/mol. The van der Waals surface area contributed by atoms with Gasteiger partial charge in [0.15, 0.2) is 0 Å². The minimum absolute atomic E-state index is 0.106. The summed E-state index contributed by atoms with van der Waals surface area (Å²) in [5.74, 6) is 0. The van der Waals surface area contributed by atoms with Crippen LogP contribution in [-0.2, 0) is 4.79 Å². The predicted octanol–water partition coefficient (Wildman–Crippen LogP) is 1.59. The van der Waals surface area contributed by atoms with Crippen molar-refractivity contribution < 1.29 is 14.7 Å². The van der Waals surface area contributed by atoms with E-state index in [4.69, 9.17) is 0 Å². The molecule has 1 aromatic heterocycles. The molecule has 1 aromatic rings. The Morgan fingerprint density at radius 3 is 3.06 bits per heavy atom. The summed E-state index contributed by atoms with van der Waals surface area (Å²) < 4.78 is 1.13. The third kappa shape index (κ3) is 2.40. The van der Waals surface area contributed by atoms with Gasteiger partial charge in [-0.25, -0.2) is 0 Å². The standard InChI is InChI=1S/C13H19N2O2/c1-11-12(6-5-9-15(11)17)13-7-3-2-4-8-14(13)10-16/h5-6,9-10,13,17H,2-4,7-8H2,1H3/q+1. The lowest BCUT2D eigenvalue weighted by Crippen LogP contribution is -2.37. The van der Waals surface area contributed by atoms with Gasteiger partial charge in [0.25, 0.3) is 0 Å². The van der Waals surface area contributed by atoms with Gasteiger partial charge in [-0.05, 0) is 18.9 Å². The van der Waals surface area contributed by atoms with Crippen LogP contribution < -0.4 is 4.73 Å². The molecule has 0 saturated carbocycles. The topological polar surface area (TPSA) is 44.4 Å². The Morgan fingerprint density at radius 1 is 1.47 bits per heavy atom. The third-order valence-electron chi connectivity index (χ3n) is 3.55. The molecule has 1 saturated heterocycles. The van der Waals surface area contributed by atoms with Gasteiger partial charge in [-0.1, -0.05) is 12.8 Å². The zero-order valence-corrected chi connectivity index (χ0v) is 10.2. The first-order chi connectivity index (χ1) is 8.24. The van der Waals surface area contributed by atoms with Crippen LogP contribution in [0.3, 0.4) is 0 Å². The Morgan fingerprint density at radius 2 is 2.29 bits per heavy atom. The molecule has 92 valence electrons. The van der Waals surface area contributed by atoms with Gasteiger partial charge in [0.2, 0.25) is 18.3 Å². The van der Waals surface area contributed by atoms with Crippen molar-refractivity contribution in [2.45, 2.75) is 38.6 Å². The first-order valence-electron chi connectivity index (χ1n) is 6.15. The van der Waals surface area contributed by atoms with E-state index in [2.05, 4.69) is 0 Å². The lowest BCUT2D eigenvalue weighted by atomic mass is 10.00. The molecule has 1 N–H and O–H groups in total. The van der Waals surface area contributed by atoms with Crippen molar-refractivity contribution in [3.63, 3.8) is 0 Å². The maximum Gasteiger partial charge on any atom is 0.236 e. The van der Waals surface area contributed by atoms with E-state index in [1.165, 1.54) is 6.42 Å². The van der Waals surface area contributed by atoms with Crippen LogP contribution >= 0.6 is 0 Å². The van der Waals surface area contributed by atoms with Crippen LogP contribution in [0.25, 0.3) is 0 Å². The molecule has 0 radical (unpaired) electrons. The lowest BCUT2D eigenvalue weighted by Gasteiger charge is -2.25. The molecule has 2 rings (SSSR count). The second-order valence-electron chi connectivity index (χ2n) is 4.60. The fourth-order valence-corrected chi connectivity index (χ4v) is 2.54. The molecule has 17 heavy (non-hydrogen) atoms. The van der Waals surface area contributed by atoms with E-state index in [9.17, 15) is 10.0 Å². The molecule has 4 heteroatoms. The van der Waals surface area contributed by atoms with Gasteiger partial charge in [0.1, 0.15) is 0 Å². The second kappa shape index (κ2) is 5.17. The summed E-state index contributed by atoms with van der Waals surface area (Å²) in [6.45, 7) is 2.69. The number of nitrogens with zero attached hydrogens (tertiary/aromatic N) is 2. The summed E-state index contributed by atoms with van der Waals surface area (Å²) in [6.07, 6.45) is 6.90. The Bertz CT molecular complexity index is 406. The average Bonchev–Trinajstić information content (AvgIpc) is 2.57. The number of rotatable bonds is 2. The molecule has 1 unspecified atom stereocenters. The number of pyridine rings is 1. The molecule has 1 aliphatic rings. The normalized spacial score (nSPS) is 21.0. The van der Waals surface area contributed by atoms with Gasteiger partial charge in [0, 0.05) is 29.8 Å². The SMILES string of the molecule is Cc1c(C2CCCCCN2C=O)ccc[n+]1O. The molecule has 0 aliphatic carbocycles. The van der Waals surface area contributed by atoms with Crippen LogP contribution in [0.4, 0.5) is 0 Å². The number of aromatic nitrogens is 1. The number of hydrogen-bond donors (Lipinski definition) is 1. The maximum absolute atomic E-state index is 11.1. The van der Waals surface area contributed by atoms with E-state index in [1.54, 1.807) is 6.20 Å². The fraction of sp³-hybridized carbons (Fsp3) is 0.538. The third-order valence-corrected chi connectivity index (χ3v) is 3.55. The Labute approximate surface area is 101 Å². The molecule has 0 bridgehead atoms. The molecule has 1 amide bonds. The highest BCUT2D eigenvalue weighted by Crippen LogP contribution is 2.29. The van der Waals surface area contributed by atoms with Crippen LogP contribution in [0.1, 0.15) is 43.0 Å². The van der Waals surface area contributed by atoms with Gasteiger partial charge >= 0.3 is 0 Å². The number of hydrogen-bond acceptors (Lipinski definition) is 2. The fourth-order valence-electron chi connectivity index (χ4n) is 2.54. The highest BCUT2D eigenvalue weighted by atomic mass is 16.5. The zero-order chi connectivity index (χ0) is 12.3. The van der Waals surface area contributed by atoms with Crippen molar-refractivity contribution in [3.8, 4) is 0 Å². The van der Waals surface area contributed by atoms with Crippen molar-refractivity contribution in [1.82, 2.24) is 4.90 Å². The van der Waals surface area contributed by atoms with E-state index >= 15 is 0 Å².